The largest absolute Gasteiger partial charge is 0.346 e. The Morgan fingerprint density at radius 2 is 2.09 bits per heavy atom. The second kappa shape index (κ2) is 6.93. The molecule has 1 atom stereocenters. The van der Waals surface area contributed by atoms with E-state index in [0.717, 1.165) is 19.4 Å². The highest BCUT2D eigenvalue weighted by molar-refractivity contribution is 7.89. The minimum atomic E-state index is -3.43. The minimum absolute atomic E-state index is 0.261. The normalized spacial score (nSPS) is 19.3. The summed E-state index contributed by atoms with van der Waals surface area (Å²) in [5.41, 5.74) is 0.700. The smallest absolute Gasteiger partial charge is 0.242 e. The number of nitrogens with zero attached hydrogens (tertiary/aromatic N) is 2. The van der Waals surface area contributed by atoms with Crippen LogP contribution in [0.1, 0.15) is 26.2 Å². The lowest BCUT2D eigenvalue weighted by Gasteiger charge is -2.35. The number of piperidine rings is 1. The van der Waals surface area contributed by atoms with Crippen molar-refractivity contribution in [2.24, 2.45) is 0 Å². The Balaban J connectivity index is 2.15. The van der Waals surface area contributed by atoms with Crippen molar-refractivity contribution in [3.05, 3.63) is 24.3 Å². The van der Waals surface area contributed by atoms with Gasteiger partial charge in [0.25, 0.3) is 0 Å². The summed E-state index contributed by atoms with van der Waals surface area (Å²) in [6.45, 7) is 3.11. The number of hydrogen-bond donors (Lipinski definition) is 1. The first-order valence-corrected chi connectivity index (χ1v) is 9.27. The molecule has 22 heavy (non-hydrogen) atoms. The lowest BCUT2D eigenvalue weighted by atomic mass is 10.0. The average molecular weight is 342 g/mol. The quantitative estimate of drug-likeness (QED) is 0.856. The van der Waals surface area contributed by atoms with Gasteiger partial charge in [0, 0.05) is 32.4 Å². The lowest BCUT2D eigenvalue weighted by molar-refractivity contribution is 0.262. The second-order valence-electron chi connectivity index (χ2n) is 5.78. The molecule has 7 heteroatoms. The van der Waals surface area contributed by atoms with Crippen LogP contribution in [0.2, 0.25) is 0 Å². The van der Waals surface area contributed by atoms with Crippen LogP contribution in [-0.2, 0) is 10.0 Å². The Morgan fingerprint density at radius 1 is 1.36 bits per heavy atom. The third-order valence-electron chi connectivity index (χ3n) is 3.93. The van der Waals surface area contributed by atoms with E-state index in [9.17, 15) is 8.42 Å². The van der Waals surface area contributed by atoms with E-state index in [1.54, 1.807) is 18.2 Å². The zero-order valence-electron chi connectivity index (χ0n) is 13.2. The standard InChI is InChI=1S/C15H23N3O2S2/c1-12-7-4-5-10-18(12)15(21)16-13-8-6-9-14(11-13)22(19,20)17(2)3/h6,8-9,11-12H,4-5,7,10H2,1-3H3,(H,16,21). The van der Waals surface area contributed by atoms with Crippen molar-refractivity contribution in [3.8, 4) is 0 Å². The Bertz CT molecular complexity index is 644. The fourth-order valence-corrected chi connectivity index (χ4v) is 3.88. The summed E-state index contributed by atoms with van der Waals surface area (Å²) < 4.78 is 25.6. The first kappa shape index (κ1) is 17.2. The van der Waals surface area contributed by atoms with Crippen molar-refractivity contribution in [1.82, 2.24) is 9.21 Å². The van der Waals surface area contributed by atoms with Gasteiger partial charge in [-0.25, -0.2) is 12.7 Å². The molecule has 1 unspecified atom stereocenters. The molecule has 0 radical (unpaired) electrons. The molecule has 1 aliphatic rings. The summed E-state index contributed by atoms with van der Waals surface area (Å²) >= 11 is 5.48. The number of anilines is 1. The fourth-order valence-electron chi connectivity index (χ4n) is 2.54. The van der Waals surface area contributed by atoms with Gasteiger partial charge in [0.1, 0.15) is 0 Å². The molecule has 122 valence electrons. The van der Waals surface area contributed by atoms with E-state index in [-0.39, 0.29) is 4.90 Å². The monoisotopic (exact) mass is 341 g/mol. The van der Waals surface area contributed by atoms with Gasteiger partial charge >= 0.3 is 0 Å². The Morgan fingerprint density at radius 3 is 2.73 bits per heavy atom. The zero-order valence-corrected chi connectivity index (χ0v) is 14.9. The predicted molar refractivity (Wildman–Crippen MR) is 93.6 cm³/mol. The summed E-state index contributed by atoms with van der Waals surface area (Å²) in [5.74, 6) is 0. The van der Waals surface area contributed by atoms with Crippen LogP contribution in [0.3, 0.4) is 0 Å². The van der Waals surface area contributed by atoms with Crippen molar-refractivity contribution in [2.75, 3.05) is 26.0 Å². The number of rotatable bonds is 3. The van der Waals surface area contributed by atoms with Crippen LogP contribution in [0.15, 0.2) is 29.2 Å². The summed E-state index contributed by atoms with van der Waals surface area (Å²) in [6, 6.07) is 7.18. The maximum Gasteiger partial charge on any atom is 0.242 e. The lowest BCUT2D eigenvalue weighted by Crippen LogP contribution is -2.44. The first-order valence-electron chi connectivity index (χ1n) is 7.42. The van der Waals surface area contributed by atoms with Crippen LogP contribution in [-0.4, -0.2) is 49.4 Å². The molecular weight excluding hydrogens is 318 g/mol. The van der Waals surface area contributed by atoms with Crippen LogP contribution in [0.25, 0.3) is 0 Å². The van der Waals surface area contributed by atoms with Gasteiger partial charge in [0.15, 0.2) is 5.11 Å². The van der Waals surface area contributed by atoms with Gasteiger partial charge in [0.05, 0.1) is 4.90 Å². The van der Waals surface area contributed by atoms with Crippen molar-refractivity contribution in [1.29, 1.82) is 0 Å². The fraction of sp³-hybridized carbons (Fsp3) is 0.533. The number of thiocarbonyl (C=S) groups is 1. The number of hydrogen-bond acceptors (Lipinski definition) is 3. The highest BCUT2D eigenvalue weighted by atomic mass is 32.2. The number of nitrogens with one attached hydrogen (secondary N) is 1. The van der Waals surface area contributed by atoms with E-state index >= 15 is 0 Å². The third kappa shape index (κ3) is 3.77. The van der Waals surface area contributed by atoms with Crippen LogP contribution >= 0.6 is 12.2 Å². The van der Waals surface area contributed by atoms with Crippen LogP contribution in [0, 0.1) is 0 Å². The molecule has 1 heterocycles. The topological polar surface area (TPSA) is 52.7 Å². The molecular formula is C15H23N3O2S2. The minimum Gasteiger partial charge on any atom is -0.346 e. The first-order chi connectivity index (χ1) is 10.3. The third-order valence-corrected chi connectivity index (χ3v) is 6.08. The van der Waals surface area contributed by atoms with Gasteiger partial charge < -0.3 is 10.2 Å². The van der Waals surface area contributed by atoms with Crippen LogP contribution in [0.4, 0.5) is 5.69 Å². The number of sulfonamides is 1. The Labute approximate surface area is 138 Å². The Hall–Kier alpha value is -1.18. The zero-order chi connectivity index (χ0) is 16.3. The van der Waals surface area contributed by atoms with E-state index < -0.39 is 10.0 Å². The summed E-state index contributed by atoms with van der Waals surface area (Å²) in [5, 5.41) is 3.83. The highest BCUT2D eigenvalue weighted by Gasteiger charge is 2.21. The molecule has 0 amide bonds. The van der Waals surface area contributed by atoms with Crippen molar-refractivity contribution in [2.45, 2.75) is 37.1 Å². The maximum absolute atomic E-state index is 12.2. The SMILES string of the molecule is CC1CCCCN1C(=S)Nc1cccc(S(=O)(=O)N(C)C)c1. The molecule has 1 saturated heterocycles. The summed E-state index contributed by atoms with van der Waals surface area (Å²) in [6.07, 6.45) is 3.51. The molecule has 2 rings (SSSR count). The molecule has 5 nitrogen and oxygen atoms in total. The van der Waals surface area contributed by atoms with Gasteiger partial charge in [-0.15, -0.1) is 0 Å². The van der Waals surface area contributed by atoms with Crippen molar-refractivity contribution >= 4 is 33.0 Å². The number of benzene rings is 1. The van der Waals surface area contributed by atoms with Crippen LogP contribution in [0.5, 0.6) is 0 Å². The van der Waals surface area contributed by atoms with E-state index in [4.69, 9.17) is 12.2 Å². The highest BCUT2D eigenvalue weighted by Crippen LogP contribution is 2.21. The molecule has 1 N–H and O–H groups in total. The van der Waals surface area contributed by atoms with Gasteiger partial charge in [-0.3, -0.25) is 0 Å². The average Bonchev–Trinajstić information content (AvgIpc) is 2.47. The van der Waals surface area contributed by atoms with Crippen LogP contribution < -0.4 is 5.32 Å². The molecule has 0 bridgehead atoms. The number of likely N-dealkylation sites (tertiary alicyclic amines) is 1. The molecule has 0 aromatic heterocycles. The van der Waals surface area contributed by atoms with Gasteiger partial charge in [-0.05, 0) is 56.6 Å². The molecule has 0 spiro atoms. The molecule has 1 aliphatic heterocycles. The van der Waals surface area contributed by atoms with E-state index in [0.29, 0.717) is 16.8 Å². The van der Waals surface area contributed by atoms with E-state index in [1.165, 1.54) is 24.8 Å². The molecule has 1 fully saturated rings. The van der Waals surface area contributed by atoms with E-state index in [2.05, 4.69) is 17.1 Å². The summed E-state index contributed by atoms with van der Waals surface area (Å²) in [4.78, 5) is 2.43. The Kier molecular flexibility index (Phi) is 5.41. The molecule has 1 aromatic rings. The molecule has 1 aromatic carbocycles. The van der Waals surface area contributed by atoms with Gasteiger partial charge in [-0.1, -0.05) is 6.07 Å². The maximum atomic E-state index is 12.2. The van der Waals surface area contributed by atoms with Crippen molar-refractivity contribution in [3.63, 3.8) is 0 Å². The predicted octanol–water partition coefficient (Wildman–Crippen LogP) is 2.51. The second-order valence-corrected chi connectivity index (χ2v) is 8.32. The molecule has 0 aliphatic carbocycles. The van der Waals surface area contributed by atoms with Crippen molar-refractivity contribution < 1.29 is 8.42 Å². The van der Waals surface area contributed by atoms with E-state index in [1.807, 2.05) is 6.07 Å². The molecule has 0 saturated carbocycles. The van der Waals surface area contributed by atoms with Gasteiger partial charge in [0.2, 0.25) is 10.0 Å². The van der Waals surface area contributed by atoms with Gasteiger partial charge in [-0.2, -0.15) is 0 Å². The summed E-state index contributed by atoms with van der Waals surface area (Å²) in [7, 11) is -0.388.